The number of methoxy groups -OCH3 is 1. The fourth-order valence-corrected chi connectivity index (χ4v) is 2.51. The standard InChI is InChI=1S/C16H25BrN2O2/c1-4-9-21-16-14(17)10-13(11-15(16)20-3)12-19-8-6-7-18-5-2/h4,10-11,18-19H,1,5-9,12H2,2-3H3. The van der Waals surface area contributed by atoms with Crippen molar-refractivity contribution in [1.29, 1.82) is 0 Å². The SMILES string of the molecule is C=CCOc1c(Br)cc(CNCCCNCC)cc1OC. The lowest BCUT2D eigenvalue weighted by molar-refractivity contribution is 0.324. The third-order valence-corrected chi connectivity index (χ3v) is 3.51. The molecule has 4 nitrogen and oxygen atoms in total. The summed E-state index contributed by atoms with van der Waals surface area (Å²) in [6, 6.07) is 4.05. The Morgan fingerprint density at radius 1 is 1.29 bits per heavy atom. The molecule has 0 radical (unpaired) electrons. The van der Waals surface area contributed by atoms with Crippen LogP contribution in [0.5, 0.6) is 11.5 Å². The van der Waals surface area contributed by atoms with Crippen LogP contribution in [-0.4, -0.2) is 33.4 Å². The molecule has 0 aliphatic heterocycles. The smallest absolute Gasteiger partial charge is 0.175 e. The Morgan fingerprint density at radius 2 is 2.05 bits per heavy atom. The summed E-state index contributed by atoms with van der Waals surface area (Å²) in [4.78, 5) is 0. The Balaban J connectivity index is 2.55. The Labute approximate surface area is 136 Å². The first-order valence-electron chi connectivity index (χ1n) is 7.24. The zero-order chi connectivity index (χ0) is 15.5. The fraction of sp³-hybridized carbons (Fsp3) is 0.500. The molecule has 1 rings (SSSR count). The number of benzene rings is 1. The van der Waals surface area contributed by atoms with E-state index in [0.717, 1.165) is 48.4 Å². The maximum Gasteiger partial charge on any atom is 0.175 e. The van der Waals surface area contributed by atoms with Crippen molar-refractivity contribution in [2.75, 3.05) is 33.4 Å². The van der Waals surface area contributed by atoms with Gasteiger partial charge in [0.05, 0.1) is 11.6 Å². The van der Waals surface area contributed by atoms with Crippen LogP contribution in [0.4, 0.5) is 0 Å². The topological polar surface area (TPSA) is 42.5 Å². The average Bonchev–Trinajstić information content (AvgIpc) is 2.49. The van der Waals surface area contributed by atoms with E-state index < -0.39 is 0 Å². The summed E-state index contributed by atoms with van der Waals surface area (Å²) < 4.78 is 11.9. The highest BCUT2D eigenvalue weighted by atomic mass is 79.9. The molecule has 0 unspecified atom stereocenters. The average molecular weight is 357 g/mol. The maximum absolute atomic E-state index is 5.61. The lowest BCUT2D eigenvalue weighted by atomic mass is 10.2. The molecule has 0 saturated carbocycles. The first-order valence-corrected chi connectivity index (χ1v) is 8.03. The lowest BCUT2D eigenvalue weighted by Crippen LogP contribution is -2.21. The molecule has 21 heavy (non-hydrogen) atoms. The van der Waals surface area contributed by atoms with Crippen LogP contribution in [0.3, 0.4) is 0 Å². The summed E-state index contributed by atoms with van der Waals surface area (Å²) in [5, 5.41) is 6.74. The molecule has 0 atom stereocenters. The number of halogens is 1. The zero-order valence-corrected chi connectivity index (χ0v) is 14.5. The molecular weight excluding hydrogens is 332 g/mol. The molecular formula is C16H25BrN2O2. The van der Waals surface area contributed by atoms with Crippen molar-refractivity contribution in [2.24, 2.45) is 0 Å². The number of ether oxygens (including phenoxy) is 2. The van der Waals surface area contributed by atoms with Gasteiger partial charge >= 0.3 is 0 Å². The lowest BCUT2D eigenvalue weighted by Gasteiger charge is -2.14. The Hall–Kier alpha value is -1.04. The monoisotopic (exact) mass is 356 g/mol. The number of rotatable bonds is 11. The summed E-state index contributed by atoms with van der Waals surface area (Å²) in [6.07, 6.45) is 2.83. The second kappa shape index (κ2) is 10.7. The molecule has 0 saturated heterocycles. The minimum atomic E-state index is 0.455. The third kappa shape index (κ3) is 6.50. The molecule has 0 spiro atoms. The highest BCUT2D eigenvalue weighted by Crippen LogP contribution is 2.36. The Morgan fingerprint density at radius 3 is 2.71 bits per heavy atom. The second-order valence-electron chi connectivity index (χ2n) is 4.59. The van der Waals surface area contributed by atoms with E-state index in [4.69, 9.17) is 9.47 Å². The predicted octanol–water partition coefficient (Wildman–Crippen LogP) is 3.11. The molecule has 1 aromatic rings. The molecule has 0 amide bonds. The summed E-state index contributed by atoms with van der Waals surface area (Å²) in [5.41, 5.74) is 1.16. The molecule has 0 heterocycles. The van der Waals surface area contributed by atoms with Crippen LogP contribution >= 0.6 is 15.9 Å². The van der Waals surface area contributed by atoms with Gasteiger partial charge in [0, 0.05) is 6.54 Å². The first kappa shape index (κ1) is 18.0. The van der Waals surface area contributed by atoms with Crippen molar-refractivity contribution in [3.8, 4) is 11.5 Å². The highest BCUT2D eigenvalue weighted by molar-refractivity contribution is 9.10. The Bertz CT molecular complexity index is 439. The van der Waals surface area contributed by atoms with Crippen LogP contribution in [0.1, 0.15) is 18.9 Å². The van der Waals surface area contributed by atoms with Gasteiger partial charge in [0.15, 0.2) is 11.5 Å². The number of hydrogen-bond donors (Lipinski definition) is 2. The molecule has 0 bridgehead atoms. The van der Waals surface area contributed by atoms with Crippen LogP contribution in [0.2, 0.25) is 0 Å². The van der Waals surface area contributed by atoms with Gasteiger partial charge in [0.1, 0.15) is 6.61 Å². The van der Waals surface area contributed by atoms with Crippen molar-refractivity contribution in [3.05, 3.63) is 34.8 Å². The van der Waals surface area contributed by atoms with E-state index in [1.807, 2.05) is 6.07 Å². The van der Waals surface area contributed by atoms with E-state index in [0.29, 0.717) is 12.4 Å². The van der Waals surface area contributed by atoms with E-state index in [2.05, 4.69) is 46.1 Å². The first-order chi connectivity index (χ1) is 10.2. The molecule has 0 aliphatic rings. The molecule has 5 heteroatoms. The van der Waals surface area contributed by atoms with E-state index >= 15 is 0 Å². The van der Waals surface area contributed by atoms with Crippen LogP contribution in [0.15, 0.2) is 29.3 Å². The molecule has 0 fully saturated rings. The van der Waals surface area contributed by atoms with Crippen molar-refractivity contribution < 1.29 is 9.47 Å². The van der Waals surface area contributed by atoms with Gasteiger partial charge in [-0.05, 0) is 59.7 Å². The summed E-state index contributed by atoms with van der Waals surface area (Å²) >= 11 is 3.54. The van der Waals surface area contributed by atoms with Gasteiger partial charge in [0.25, 0.3) is 0 Å². The van der Waals surface area contributed by atoms with Crippen LogP contribution < -0.4 is 20.1 Å². The molecule has 1 aromatic carbocycles. The largest absolute Gasteiger partial charge is 0.493 e. The van der Waals surface area contributed by atoms with Gasteiger partial charge in [-0.1, -0.05) is 19.6 Å². The Kier molecular flexibility index (Phi) is 9.14. The second-order valence-corrected chi connectivity index (χ2v) is 5.45. The third-order valence-electron chi connectivity index (χ3n) is 2.92. The van der Waals surface area contributed by atoms with Crippen molar-refractivity contribution >= 4 is 15.9 Å². The van der Waals surface area contributed by atoms with E-state index in [9.17, 15) is 0 Å². The number of hydrogen-bond acceptors (Lipinski definition) is 4. The van der Waals surface area contributed by atoms with Crippen molar-refractivity contribution in [2.45, 2.75) is 19.9 Å². The predicted molar refractivity (Wildman–Crippen MR) is 91.3 cm³/mol. The van der Waals surface area contributed by atoms with Gasteiger partial charge in [-0.25, -0.2) is 0 Å². The van der Waals surface area contributed by atoms with E-state index in [-0.39, 0.29) is 0 Å². The van der Waals surface area contributed by atoms with Crippen LogP contribution in [0.25, 0.3) is 0 Å². The quantitative estimate of drug-likeness (QED) is 0.472. The maximum atomic E-state index is 5.61. The van der Waals surface area contributed by atoms with E-state index in [1.54, 1.807) is 13.2 Å². The molecule has 118 valence electrons. The van der Waals surface area contributed by atoms with E-state index in [1.165, 1.54) is 0 Å². The normalized spacial score (nSPS) is 10.4. The summed E-state index contributed by atoms with van der Waals surface area (Å²) in [7, 11) is 1.65. The van der Waals surface area contributed by atoms with Gasteiger partial charge in [-0.15, -0.1) is 0 Å². The highest BCUT2D eigenvalue weighted by Gasteiger charge is 2.11. The fourth-order valence-electron chi connectivity index (χ4n) is 1.91. The zero-order valence-electron chi connectivity index (χ0n) is 12.9. The minimum absolute atomic E-state index is 0.455. The minimum Gasteiger partial charge on any atom is -0.493 e. The van der Waals surface area contributed by atoms with Crippen molar-refractivity contribution in [1.82, 2.24) is 10.6 Å². The summed E-state index contributed by atoms with van der Waals surface area (Å²) in [5.74, 6) is 1.45. The van der Waals surface area contributed by atoms with Gasteiger partial charge in [-0.3, -0.25) is 0 Å². The van der Waals surface area contributed by atoms with Gasteiger partial charge in [-0.2, -0.15) is 0 Å². The molecule has 2 N–H and O–H groups in total. The van der Waals surface area contributed by atoms with Crippen LogP contribution in [-0.2, 0) is 6.54 Å². The molecule has 0 aliphatic carbocycles. The van der Waals surface area contributed by atoms with Crippen LogP contribution in [0, 0.1) is 0 Å². The van der Waals surface area contributed by atoms with Crippen molar-refractivity contribution in [3.63, 3.8) is 0 Å². The van der Waals surface area contributed by atoms with Gasteiger partial charge < -0.3 is 20.1 Å². The molecule has 0 aromatic heterocycles. The number of nitrogens with one attached hydrogen (secondary N) is 2. The van der Waals surface area contributed by atoms with Gasteiger partial charge in [0.2, 0.25) is 0 Å². The summed E-state index contributed by atoms with van der Waals surface area (Å²) in [6.45, 7) is 10.1.